The lowest BCUT2D eigenvalue weighted by Gasteiger charge is -2.63. The van der Waals surface area contributed by atoms with Gasteiger partial charge in [0, 0.05) is 24.5 Å². The van der Waals surface area contributed by atoms with E-state index in [0.717, 1.165) is 0 Å². The zero-order valence-electron chi connectivity index (χ0n) is 15.6. The summed E-state index contributed by atoms with van der Waals surface area (Å²) >= 11 is 0. The zero-order valence-corrected chi connectivity index (χ0v) is 15.6. The molecule has 0 aromatic carbocycles. The van der Waals surface area contributed by atoms with Gasteiger partial charge >= 0.3 is 0 Å². The second-order valence-corrected chi connectivity index (χ2v) is 8.22. The van der Waals surface area contributed by atoms with E-state index in [1.807, 2.05) is 0 Å². The first kappa shape index (κ1) is 17.4. The minimum atomic E-state index is 0.105. The molecule has 0 aromatic heterocycles. The molecule has 0 fully saturated rings. The molecular formula is C18H36N2. The van der Waals surface area contributed by atoms with Crippen molar-refractivity contribution in [3.8, 4) is 0 Å². The second-order valence-electron chi connectivity index (χ2n) is 8.22. The molecule has 0 aromatic rings. The highest BCUT2D eigenvalue weighted by molar-refractivity contribution is 5.28. The van der Waals surface area contributed by atoms with E-state index in [-0.39, 0.29) is 11.1 Å². The van der Waals surface area contributed by atoms with Crippen molar-refractivity contribution in [2.45, 2.75) is 86.4 Å². The van der Waals surface area contributed by atoms with Crippen LogP contribution in [0.1, 0.15) is 69.2 Å². The van der Waals surface area contributed by atoms with Gasteiger partial charge in [-0.1, -0.05) is 27.7 Å². The van der Waals surface area contributed by atoms with E-state index in [1.54, 1.807) is 0 Å². The molecule has 2 nitrogen and oxygen atoms in total. The van der Waals surface area contributed by atoms with Crippen molar-refractivity contribution < 1.29 is 0 Å². The van der Waals surface area contributed by atoms with Gasteiger partial charge in [0.05, 0.1) is 11.1 Å². The Morgan fingerprint density at radius 2 is 1.10 bits per heavy atom. The van der Waals surface area contributed by atoms with E-state index in [0.29, 0.717) is 17.9 Å². The average molecular weight is 280 g/mol. The monoisotopic (exact) mass is 280 g/mol. The fraction of sp³-hybridized carbons (Fsp3) is 0.889. The summed E-state index contributed by atoms with van der Waals surface area (Å²) in [5.41, 5.74) is 3.25. The average Bonchev–Trinajstić information content (AvgIpc) is 2.24. The minimum absolute atomic E-state index is 0.105. The molecule has 0 atom stereocenters. The van der Waals surface area contributed by atoms with E-state index in [4.69, 9.17) is 0 Å². The van der Waals surface area contributed by atoms with Crippen molar-refractivity contribution in [2.75, 3.05) is 7.05 Å². The zero-order chi connectivity index (χ0) is 16.0. The Bertz CT molecular complexity index is 386. The summed E-state index contributed by atoms with van der Waals surface area (Å²) in [5, 5.41) is 0. The summed E-state index contributed by atoms with van der Waals surface area (Å²) in [6, 6.07) is 0.518. The highest BCUT2D eigenvalue weighted by Crippen LogP contribution is 2.47. The summed E-state index contributed by atoms with van der Waals surface area (Å²) in [4.78, 5) is 5.21. The Hall–Kier alpha value is -0.660. The van der Waals surface area contributed by atoms with Gasteiger partial charge in [-0.05, 0) is 53.4 Å². The Morgan fingerprint density at radius 3 is 1.40 bits per heavy atom. The van der Waals surface area contributed by atoms with Gasteiger partial charge in [0.1, 0.15) is 0 Å². The SMILES string of the molecule is CC(C)C1=C(C(C)C)N(C(C)C)C(C)(C)C(C)(C)N1C. The minimum Gasteiger partial charge on any atom is -0.369 e. The van der Waals surface area contributed by atoms with E-state index >= 15 is 0 Å². The topological polar surface area (TPSA) is 6.48 Å². The van der Waals surface area contributed by atoms with Crippen molar-refractivity contribution in [3.05, 3.63) is 11.4 Å². The molecule has 20 heavy (non-hydrogen) atoms. The summed E-state index contributed by atoms with van der Waals surface area (Å²) in [6.07, 6.45) is 0. The highest BCUT2D eigenvalue weighted by Gasteiger charge is 2.51. The van der Waals surface area contributed by atoms with Crippen molar-refractivity contribution in [1.29, 1.82) is 0 Å². The second kappa shape index (κ2) is 5.27. The molecule has 0 saturated heterocycles. The third kappa shape index (κ3) is 2.35. The lowest BCUT2D eigenvalue weighted by atomic mass is 9.74. The van der Waals surface area contributed by atoms with Gasteiger partial charge in [0.25, 0.3) is 0 Å². The van der Waals surface area contributed by atoms with Gasteiger partial charge < -0.3 is 9.80 Å². The maximum atomic E-state index is 2.67. The first-order valence-electron chi connectivity index (χ1n) is 8.14. The Labute approximate surface area is 127 Å². The predicted octanol–water partition coefficient (Wildman–Crippen LogP) is 4.72. The summed E-state index contributed by atoms with van der Waals surface area (Å²) in [6.45, 7) is 23.5. The molecule has 0 amide bonds. The number of nitrogens with zero attached hydrogens (tertiary/aromatic N) is 2. The van der Waals surface area contributed by atoms with Gasteiger partial charge in [0.2, 0.25) is 0 Å². The summed E-state index contributed by atoms with van der Waals surface area (Å²) < 4.78 is 0. The molecule has 1 aliphatic rings. The molecule has 0 spiro atoms. The first-order chi connectivity index (χ1) is 8.87. The van der Waals surface area contributed by atoms with Crippen molar-refractivity contribution in [1.82, 2.24) is 9.80 Å². The van der Waals surface area contributed by atoms with Crippen molar-refractivity contribution in [2.24, 2.45) is 11.8 Å². The third-order valence-corrected chi connectivity index (χ3v) is 5.43. The van der Waals surface area contributed by atoms with Crippen molar-refractivity contribution >= 4 is 0 Å². The van der Waals surface area contributed by atoms with Crippen LogP contribution in [0.5, 0.6) is 0 Å². The molecule has 0 aliphatic carbocycles. The van der Waals surface area contributed by atoms with Gasteiger partial charge in [-0.25, -0.2) is 0 Å². The molecule has 1 rings (SSSR count). The van der Waals surface area contributed by atoms with Crippen LogP contribution in [0.25, 0.3) is 0 Å². The molecule has 0 bridgehead atoms. The van der Waals surface area contributed by atoms with E-state index in [9.17, 15) is 0 Å². The number of allylic oxidation sites excluding steroid dienone is 2. The third-order valence-electron chi connectivity index (χ3n) is 5.43. The summed E-state index contributed by atoms with van der Waals surface area (Å²) in [7, 11) is 2.27. The van der Waals surface area contributed by atoms with Gasteiger partial charge in [0.15, 0.2) is 0 Å². The molecule has 1 aliphatic heterocycles. The molecule has 1 heterocycles. The molecule has 0 saturated carbocycles. The maximum absolute atomic E-state index is 2.67. The Morgan fingerprint density at radius 1 is 0.700 bits per heavy atom. The number of rotatable bonds is 3. The standard InChI is InChI=1S/C18H36N2/c1-12(2)15-16(13(3)4)20(14(5)6)18(9,10)17(7,8)19(15)11/h12-14H,1-11H3. The maximum Gasteiger partial charge on any atom is 0.0572 e. The largest absolute Gasteiger partial charge is 0.369 e. The smallest absolute Gasteiger partial charge is 0.0572 e. The molecule has 118 valence electrons. The van der Waals surface area contributed by atoms with Crippen LogP contribution in [0.15, 0.2) is 11.4 Å². The Balaban J connectivity index is 3.67. The molecule has 0 radical (unpaired) electrons. The lowest BCUT2D eigenvalue weighted by Crippen LogP contribution is -2.69. The van der Waals surface area contributed by atoms with Crippen LogP contribution in [-0.2, 0) is 0 Å². The first-order valence-corrected chi connectivity index (χ1v) is 8.14. The molecule has 0 unspecified atom stereocenters. The number of hydrogen-bond donors (Lipinski definition) is 0. The van der Waals surface area contributed by atoms with Gasteiger partial charge in [-0.3, -0.25) is 0 Å². The fourth-order valence-electron chi connectivity index (χ4n) is 3.78. The molecular weight excluding hydrogens is 244 g/mol. The van der Waals surface area contributed by atoms with E-state index in [1.165, 1.54) is 11.4 Å². The summed E-state index contributed by atoms with van der Waals surface area (Å²) in [5.74, 6) is 1.10. The van der Waals surface area contributed by atoms with Crippen LogP contribution in [0.3, 0.4) is 0 Å². The fourth-order valence-corrected chi connectivity index (χ4v) is 3.78. The van der Waals surface area contributed by atoms with Crippen LogP contribution >= 0.6 is 0 Å². The van der Waals surface area contributed by atoms with Crippen molar-refractivity contribution in [3.63, 3.8) is 0 Å². The van der Waals surface area contributed by atoms with Crippen LogP contribution < -0.4 is 0 Å². The van der Waals surface area contributed by atoms with Crippen LogP contribution in [-0.4, -0.2) is 34.0 Å². The van der Waals surface area contributed by atoms with E-state index < -0.39 is 0 Å². The van der Waals surface area contributed by atoms with Crippen LogP contribution in [0, 0.1) is 11.8 Å². The highest BCUT2D eigenvalue weighted by atomic mass is 15.4. The lowest BCUT2D eigenvalue weighted by molar-refractivity contribution is -0.0447. The molecule has 0 N–H and O–H groups in total. The predicted molar refractivity (Wildman–Crippen MR) is 89.6 cm³/mol. The van der Waals surface area contributed by atoms with Gasteiger partial charge in [-0.2, -0.15) is 0 Å². The van der Waals surface area contributed by atoms with Crippen LogP contribution in [0.4, 0.5) is 0 Å². The van der Waals surface area contributed by atoms with E-state index in [2.05, 4.69) is 86.1 Å². The molecule has 2 heteroatoms. The normalized spacial score (nSPS) is 22.5. The van der Waals surface area contributed by atoms with Crippen LogP contribution in [0.2, 0.25) is 0 Å². The quantitative estimate of drug-likeness (QED) is 0.738. The Kier molecular flexibility index (Phi) is 4.58. The van der Waals surface area contributed by atoms with Gasteiger partial charge in [-0.15, -0.1) is 0 Å². The number of hydrogen-bond acceptors (Lipinski definition) is 2. The number of likely N-dealkylation sites (N-methyl/N-ethyl adjacent to an activating group) is 1.